The van der Waals surface area contributed by atoms with E-state index in [1.165, 1.54) is 18.4 Å². The van der Waals surface area contributed by atoms with Gasteiger partial charge in [0.2, 0.25) is 0 Å². The number of nitrogens with zero attached hydrogens (tertiary/aromatic N) is 2. The molecule has 3 rings (SSSR count). The molecular weight excluding hydrogens is 334 g/mol. The molecular formula is C23H31N3O. The van der Waals surface area contributed by atoms with Gasteiger partial charge in [-0.25, -0.2) is 0 Å². The van der Waals surface area contributed by atoms with Crippen LogP contribution in [0.25, 0.3) is 0 Å². The van der Waals surface area contributed by atoms with Gasteiger partial charge in [-0.3, -0.25) is 9.69 Å². The van der Waals surface area contributed by atoms with Gasteiger partial charge in [0.25, 0.3) is 5.91 Å². The summed E-state index contributed by atoms with van der Waals surface area (Å²) in [6, 6.07) is 18.8. The van der Waals surface area contributed by atoms with Crippen LogP contribution in [0.3, 0.4) is 0 Å². The van der Waals surface area contributed by atoms with E-state index in [4.69, 9.17) is 0 Å². The minimum Gasteiger partial charge on any atom is -0.381 e. The van der Waals surface area contributed by atoms with Gasteiger partial charge >= 0.3 is 0 Å². The molecule has 2 aromatic rings. The molecule has 1 amide bonds. The van der Waals surface area contributed by atoms with Crippen LogP contribution in [0.4, 0.5) is 5.69 Å². The van der Waals surface area contributed by atoms with Gasteiger partial charge in [-0.1, -0.05) is 44.2 Å². The van der Waals surface area contributed by atoms with Crippen molar-refractivity contribution in [2.75, 3.05) is 31.5 Å². The van der Waals surface area contributed by atoms with Crippen LogP contribution >= 0.6 is 0 Å². The van der Waals surface area contributed by atoms with Crippen molar-refractivity contribution in [3.8, 4) is 0 Å². The largest absolute Gasteiger partial charge is 0.381 e. The van der Waals surface area contributed by atoms with Crippen molar-refractivity contribution in [3.05, 3.63) is 65.7 Å². The average Bonchev–Trinajstić information content (AvgIpc) is 2.74. The SMILES string of the molecule is CCC(CC)N1CCN(C(=O)c2ccc(CNc3ccccc3)cc2)CC1. The minimum atomic E-state index is 0.154. The lowest BCUT2D eigenvalue weighted by molar-refractivity contribution is 0.0559. The normalized spacial score (nSPS) is 15.1. The molecule has 0 atom stereocenters. The van der Waals surface area contributed by atoms with E-state index in [0.717, 1.165) is 44.0 Å². The molecule has 1 fully saturated rings. The minimum absolute atomic E-state index is 0.154. The van der Waals surface area contributed by atoms with Crippen LogP contribution in [0, 0.1) is 0 Å². The van der Waals surface area contributed by atoms with Crippen LogP contribution in [0.5, 0.6) is 0 Å². The Bertz CT molecular complexity index is 702. The van der Waals surface area contributed by atoms with Crippen molar-refractivity contribution in [2.24, 2.45) is 0 Å². The van der Waals surface area contributed by atoms with E-state index in [2.05, 4.69) is 36.2 Å². The third kappa shape index (κ3) is 5.10. The first kappa shape index (κ1) is 19.4. The van der Waals surface area contributed by atoms with Gasteiger partial charge in [0.05, 0.1) is 0 Å². The van der Waals surface area contributed by atoms with Gasteiger partial charge in [-0.15, -0.1) is 0 Å². The zero-order valence-electron chi connectivity index (χ0n) is 16.5. The summed E-state index contributed by atoms with van der Waals surface area (Å²) >= 11 is 0. The number of hydrogen-bond acceptors (Lipinski definition) is 3. The number of para-hydroxylation sites is 1. The molecule has 1 saturated heterocycles. The Morgan fingerprint density at radius 1 is 0.926 bits per heavy atom. The molecule has 4 heteroatoms. The van der Waals surface area contributed by atoms with Crippen molar-refractivity contribution >= 4 is 11.6 Å². The lowest BCUT2D eigenvalue weighted by atomic mass is 10.1. The standard InChI is InChI=1S/C23H31N3O/c1-3-22(4-2)25-14-16-26(17-15-25)23(27)20-12-10-19(11-13-20)18-24-21-8-6-5-7-9-21/h5-13,22,24H,3-4,14-18H2,1-2H3. The predicted octanol–water partition coefficient (Wildman–Crippen LogP) is 4.25. The highest BCUT2D eigenvalue weighted by Crippen LogP contribution is 2.15. The number of carbonyl (C=O) groups excluding carboxylic acids is 1. The molecule has 1 aliphatic rings. The van der Waals surface area contributed by atoms with E-state index in [1.807, 2.05) is 47.4 Å². The highest BCUT2D eigenvalue weighted by molar-refractivity contribution is 5.94. The number of amides is 1. The number of benzene rings is 2. The lowest BCUT2D eigenvalue weighted by Gasteiger charge is -2.38. The van der Waals surface area contributed by atoms with Crippen molar-refractivity contribution < 1.29 is 4.79 Å². The topological polar surface area (TPSA) is 35.6 Å². The molecule has 0 aliphatic carbocycles. The highest BCUT2D eigenvalue weighted by atomic mass is 16.2. The summed E-state index contributed by atoms with van der Waals surface area (Å²) in [7, 11) is 0. The fourth-order valence-electron chi connectivity index (χ4n) is 3.80. The molecule has 0 spiro atoms. The number of anilines is 1. The fraction of sp³-hybridized carbons (Fsp3) is 0.435. The fourth-order valence-corrected chi connectivity index (χ4v) is 3.80. The molecule has 0 radical (unpaired) electrons. The smallest absolute Gasteiger partial charge is 0.253 e. The Kier molecular flexibility index (Phi) is 6.88. The van der Waals surface area contributed by atoms with Gasteiger partial charge < -0.3 is 10.2 Å². The van der Waals surface area contributed by atoms with E-state index in [-0.39, 0.29) is 5.91 Å². The van der Waals surface area contributed by atoms with E-state index < -0.39 is 0 Å². The second kappa shape index (κ2) is 9.56. The molecule has 0 bridgehead atoms. The summed E-state index contributed by atoms with van der Waals surface area (Å²) in [5, 5.41) is 3.40. The van der Waals surface area contributed by atoms with Crippen molar-refractivity contribution in [2.45, 2.75) is 39.3 Å². The number of rotatable bonds is 7. The van der Waals surface area contributed by atoms with Gasteiger partial charge in [-0.2, -0.15) is 0 Å². The van der Waals surface area contributed by atoms with Crippen LogP contribution in [0.15, 0.2) is 54.6 Å². The van der Waals surface area contributed by atoms with Gasteiger partial charge in [-0.05, 0) is 42.7 Å². The van der Waals surface area contributed by atoms with Crippen molar-refractivity contribution in [1.82, 2.24) is 9.80 Å². The monoisotopic (exact) mass is 365 g/mol. The van der Waals surface area contributed by atoms with Crippen LogP contribution in [-0.4, -0.2) is 47.9 Å². The Labute approximate surface area is 163 Å². The average molecular weight is 366 g/mol. The molecule has 1 aliphatic heterocycles. The maximum atomic E-state index is 12.8. The van der Waals surface area contributed by atoms with Crippen molar-refractivity contribution in [3.63, 3.8) is 0 Å². The first-order valence-electron chi connectivity index (χ1n) is 10.1. The molecule has 0 unspecified atom stereocenters. The second-order valence-corrected chi connectivity index (χ2v) is 7.21. The Morgan fingerprint density at radius 3 is 2.15 bits per heavy atom. The summed E-state index contributed by atoms with van der Waals surface area (Å²) in [5.74, 6) is 0.154. The number of carbonyl (C=O) groups is 1. The molecule has 144 valence electrons. The lowest BCUT2D eigenvalue weighted by Crippen LogP contribution is -2.51. The molecule has 1 N–H and O–H groups in total. The van der Waals surface area contributed by atoms with Crippen LogP contribution < -0.4 is 5.32 Å². The number of piperazine rings is 1. The van der Waals surface area contributed by atoms with E-state index in [9.17, 15) is 4.79 Å². The third-order valence-electron chi connectivity index (χ3n) is 5.53. The van der Waals surface area contributed by atoms with Crippen LogP contribution in [0.2, 0.25) is 0 Å². The number of nitrogens with one attached hydrogen (secondary N) is 1. The maximum Gasteiger partial charge on any atom is 0.253 e. The summed E-state index contributed by atoms with van der Waals surface area (Å²) in [6.07, 6.45) is 2.37. The Morgan fingerprint density at radius 2 is 1.56 bits per heavy atom. The first-order valence-corrected chi connectivity index (χ1v) is 10.1. The summed E-state index contributed by atoms with van der Waals surface area (Å²) < 4.78 is 0. The third-order valence-corrected chi connectivity index (χ3v) is 5.53. The van der Waals surface area contributed by atoms with Gasteiger partial charge in [0, 0.05) is 50.0 Å². The Hall–Kier alpha value is -2.33. The van der Waals surface area contributed by atoms with E-state index in [1.54, 1.807) is 0 Å². The second-order valence-electron chi connectivity index (χ2n) is 7.21. The van der Waals surface area contributed by atoms with Gasteiger partial charge in [0.15, 0.2) is 0 Å². The quantitative estimate of drug-likeness (QED) is 0.797. The molecule has 0 aromatic heterocycles. The maximum absolute atomic E-state index is 12.8. The summed E-state index contributed by atoms with van der Waals surface area (Å²) in [6.45, 7) is 8.88. The zero-order chi connectivity index (χ0) is 19.1. The van der Waals surface area contributed by atoms with E-state index in [0.29, 0.717) is 6.04 Å². The summed E-state index contributed by atoms with van der Waals surface area (Å²) in [4.78, 5) is 17.3. The molecule has 27 heavy (non-hydrogen) atoms. The first-order chi connectivity index (χ1) is 13.2. The summed E-state index contributed by atoms with van der Waals surface area (Å²) in [5.41, 5.74) is 3.07. The molecule has 0 saturated carbocycles. The van der Waals surface area contributed by atoms with Crippen molar-refractivity contribution in [1.29, 1.82) is 0 Å². The van der Waals surface area contributed by atoms with Crippen LogP contribution in [0.1, 0.15) is 42.6 Å². The predicted molar refractivity (Wildman–Crippen MR) is 112 cm³/mol. The molecule has 2 aromatic carbocycles. The number of hydrogen-bond donors (Lipinski definition) is 1. The van der Waals surface area contributed by atoms with Crippen LogP contribution in [-0.2, 0) is 6.54 Å². The molecule has 4 nitrogen and oxygen atoms in total. The molecule has 1 heterocycles. The highest BCUT2D eigenvalue weighted by Gasteiger charge is 2.25. The zero-order valence-corrected chi connectivity index (χ0v) is 16.5. The van der Waals surface area contributed by atoms with E-state index >= 15 is 0 Å². The van der Waals surface area contributed by atoms with Gasteiger partial charge in [0.1, 0.15) is 0 Å². The Balaban J connectivity index is 1.52.